The molecule has 1 aromatic carbocycles. The van der Waals surface area contributed by atoms with E-state index >= 15 is 0 Å². The van der Waals surface area contributed by atoms with Crippen molar-refractivity contribution >= 4 is 0 Å². The Morgan fingerprint density at radius 2 is 2.00 bits per heavy atom. The van der Waals surface area contributed by atoms with E-state index in [1.807, 2.05) is 45.1 Å². The molecule has 0 fully saturated rings. The zero-order valence-corrected chi connectivity index (χ0v) is 9.20. The molecule has 2 N–H and O–H groups in total. The lowest BCUT2D eigenvalue weighted by molar-refractivity contribution is 0.249. The summed E-state index contributed by atoms with van der Waals surface area (Å²) in [5.41, 5.74) is 5.19. The Bertz CT molecular complexity index is 310. The molecule has 0 amide bonds. The molecule has 1 atom stereocenters. The van der Waals surface area contributed by atoms with Crippen molar-refractivity contribution in [1.82, 2.24) is 10.4 Å². The minimum Gasteiger partial charge on any atom is -0.508 e. The first kappa shape index (κ1) is 11.0. The molecule has 1 aromatic rings. The highest BCUT2D eigenvalue weighted by Gasteiger charge is 2.09. The Hall–Kier alpha value is -1.06. The molecular formula is C11H18N2O. The molecule has 0 saturated carbocycles. The van der Waals surface area contributed by atoms with Crippen LogP contribution in [0, 0.1) is 6.92 Å². The van der Waals surface area contributed by atoms with Gasteiger partial charge in [0.1, 0.15) is 5.75 Å². The number of hydrogen-bond donors (Lipinski definition) is 2. The average Bonchev–Trinajstić information content (AvgIpc) is 2.01. The molecule has 0 aromatic heterocycles. The molecule has 3 heteroatoms. The summed E-state index contributed by atoms with van der Waals surface area (Å²) < 4.78 is 0. The number of benzene rings is 1. The lowest BCUT2D eigenvalue weighted by atomic mass is 10.1. The second-order valence-corrected chi connectivity index (χ2v) is 3.81. The molecule has 0 aliphatic rings. The van der Waals surface area contributed by atoms with Gasteiger partial charge in [0.25, 0.3) is 0 Å². The van der Waals surface area contributed by atoms with E-state index in [4.69, 9.17) is 0 Å². The maximum atomic E-state index is 9.72. The monoisotopic (exact) mass is 194 g/mol. The Labute approximate surface area is 85.3 Å². The van der Waals surface area contributed by atoms with Crippen molar-refractivity contribution < 1.29 is 5.11 Å². The molecule has 0 heterocycles. The van der Waals surface area contributed by atoms with E-state index in [1.165, 1.54) is 0 Å². The van der Waals surface area contributed by atoms with Crippen LogP contribution < -0.4 is 5.43 Å². The van der Waals surface area contributed by atoms with Crippen molar-refractivity contribution in [3.05, 3.63) is 29.3 Å². The smallest absolute Gasteiger partial charge is 0.120 e. The summed E-state index contributed by atoms with van der Waals surface area (Å²) in [4.78, 5) is 0. The predicted molar refractivity (Wildman–Crippen MR) is 58.1 cm³/mol. The molecule has 3 nitrogen and oxygen atoms in total. The van der Waals surface area contributed by atoms with Crippen LogP contribution in [-0.2, 0) is 0 Å². The molecule has 14 heavy (non-hydrogen) atoms. The van der Waals surface area contributed by atoms with Gasteiger partial charge in [-0.1, -0.05) is 12.1 Å². The summed E-state index contributed by atoms with van der Waals surface area (Å²) in [5.74, 6) is 0.354. The quantitative estimate of drug-likeness (QED) is 0.721. The molecule has 0 aliphatic carbocycles. The van der Waals surface area contributed by atoms with Crippen LogP contribution in [0.15, 0.2) is 18.2 Å². The van der Waals surface area contributed by atoms with Gasteiger partial charge in [-0.3, -0.25) is 5.01 Å². The summed E-state index contributed by atoms with van der Waals surface area (Å²) >= 11 is 0. The number of nitrogens with one attached hydrogen (secondary N) is 1. The Morgan fingerprint density at radius 3 is 2.50 bits per heavy atom. The molecule has 0 radical (unpaired) electrons. The van der Waals surface area contributed by atoms with Crippen molar-refractivity contribution in [2.45, 2.75) is 19.9 Å². The first-order chi connectivity index (χ1) is 6.50. The van der Waals surface area contributed by atoms with E-state index in [-0.39, 0.29) is 6.04 Å². The normalized spacial score (nSPS) is 13.2. The van der Waals surface area contributed by atoms with Crippen LogP contribution in [0.5, 0.6) is 5.75 Å². The first-order valence-corrected chi connectivity index (χ1v) is 4.73. The van der Waals surface area contributed by atoms with Gasteiger partial charge in [0.05, 0.1) is 0 Å². The van der Waals surface area contributed by atoms with Crippen molar-refractivity contribution in [2.75, 3.05) is 14.1 Å². The number of hydrogen-bond acceptors (Lipinski definition) is 3. The minimum atomic E-state index is 0.116. The van der Waals surface area contributed by atoms with Crippen LogP contribution >= 0.6 is 0 Å². The zero-order chi connectivity index (χ0) is 10.7. The van der Waals surface area contributed by atoms with Gasteiger partial charge in [-0.15, -0.1) is 0 Å². The van der Waals surface area contributed by atoms with Gasteiger partial charge in [-0.2, -0.15) is 0 Å². The number of nitrogens with zero attached hydrogens (tertiary/aromatic N) is 1. The number of phenolic OH excluding ortho intramolecular Hbond substituents is 1. The molecule has 0 bridgehead atoms. The minimum absolute atomic E-state index is 0.116. The maximum Gasteiger partial charge on any atom is 0.120 e. The van der Waals surface area contributed by atoms with E-state index in [2.05, 4.69) is 5.43 Å². The number of phenols is 1. The van der Waals surface area contributed by atoms with E-state index in [0.29, 0.717) is 5.75 Å². The van der Waals surface area contributed by atoms with Gasteiger partial charge in [-0.05, 0) is 25.5 Å². The van der Waals surface area contributed by atoms with Crippen LogP contribution in [-0.4, -0.2) is 24.2 Å². The zero-order valence-electron chi connectivity index (χ0n) is 9.20. The fourth-order valence-electron chi connectivity index (χ4n) is 1.48. The summed E-state index contributed by atoms with van der Waals surface area (Å²) in [6, 6.07) is 5.85. The highest BCUT2D eigenvalue weighted by molar-refractivity contribution is 5.37. The second kappa shape index (κ2) is 4.44. The van der Waals surface area contributed by atoms with Crippen LogP contribution in [0.2, 0.25) is 0 Å². The summed E-state index contributed by atoms with van der Waals surface area (Å²) in [5, 5.41) is 11.6. The van der Waals surface area contributed by atoms with Crippen LogP contribution in [0.1, 0.15) is 24.1 Å². The fraction of sp³-hybridized carbons (Fsp3) is 0.455. The van der Waals surface area contributed by atoms with E-state index in [1.54, 1.807) is 6.07 Å². The predicted octanol–water partition coefficient (Wildman–Crippen LogP) is 1.83. The molecule has 1 unspecified atom stereocenters. The molecule has 0 aliphatic heterocycles. The van der Waals surface area contributed by atoms with E-state index in [0.717, 1.165) is 11.1 Å². The van der Waals surface area contributed by atoms with Crippen molar-refractivity contribution in [3.63, 3.8) is 0 Å². The standard InChI is InChI=1S/C11H18N2O/c1-8-5-6-10(11(14)7-8)9(2)12-13(3)4/h5-7,9,12,14H,1-4H3. The molecule has 0 spiro atoms. The van der Waals surface area contributed by atoms with E-state index < -0.39 is 0 Å². The van der Waals surface area contributed by atoms with Gasteiger partial charge >= 0.3 is 0 Å². The Balaban J connectivity index is 2.84. The lowest BCUT2D eigenvalue weighted by Crippen LogP contribution is -2.32. The third-order valence-electron chi connectivity index (χ3n) is 2.10. The average molecular weight is 194 g/mol. The SMILES string of the molecule is Cc1ccc(C(C)NN(C)C)c(O)c1. The summed E-state index contributed by atoms with van der Waals surface area (Å²) in [6.07, 6.45) is 0. The Morgan fingerprint density at radius 1 is 1.36 bits per heavy atom. The number of hydrazine groups is 1. The third-order valence-corrected chi connectivity index (χ3v) is 2.10. The highest BCUT2D eigenvalue weighted by Crippen LogP contribution is 2.24. The van der Waals surface area contributed by atoms with Crippen LogP contribution in [0.25, 0.3) is 0 Å². The molecular weight excluding hydrogens is 176 g/mol. The van der Waals surface area contributed by atoms with E-state index in [9.17, 15) is 5.11 Å². The topological polar surface area (TPSA) is 35.5 Å². The van der Waals surface area contributed by atoms with Gasteiger partial charge < -0.3 is 5.11 Å². The summed E-state index contributed by atoms with van der Waals surface area (Å²) in [6.45, 7) is 3.98. The first-order valence-electron chi connectivity index (χ1n) is 4.73. The van der Waals surface area contributed by atoms with Crippen LogP contribution in [0.3, 0.4) is 0 Å². The summed E-state index contributed by atoms with van der Waals surface area (Å²) in [7, 11) is 3.86. The van der Waals surface area contributed by atoms with Crippen LogP contribution in [0.4, 0.5) is 0 Å². The lowest BCUT2D eigenvalue weighted by Gasteiger charge is -2.20. The second-order valence-electron chi connectivity index (χ2n) is 3.81. The Kier molecular flexibility index (Phi) is 3.49. The number of rotatable bonds is 3. The van der Waals surface area contributed by atoms with Gasteiger partial charge in [0.15, 0.2) is 0 Å². The molecule has 78 valence electrons. The third kappa shape index (κ3) is 2.72. The van der Waals surface area contributed by atoms with Gasteiger partial charge in [0, 0.05) is 25.7 Å². The number of aromatic hydroxyl groups is 1. The van der Waals surface area contributed by atoms with Crippen molar-refractivity contribution in [2.24, 2.45) is 0 Å². The number of aryl methyl sites for hydroxylation is 1. The highest BCUT2D eigenvalue weighted by atomic mass is 16.3. The molecule has 0 saturated heterocycles. The fourth-order valence-corrected chi connectivity index (χ4v) is 1.48. The van der Waals surface area contributed by atoms with Gasteiger partial charge in [-0.25, -0.2) is 5.43 Å². The molecule has 1 rings (SSSR count). The largest absolute Gasteiger partial charge is 0.508 e. The van der Waals surface area contributed by atoms with Crippen molar-refractivity contribution in [3.8, 4) is 5.75 Å². The van der Waals surface area contributed by atoms with Crippen molar-refractivity contribution in [1.29, 1.82) is 0 Å². The maximum absolute atomic E-state index is 9.72. The van der Waals surface area contributed by atoms with Gasteiger partial charge in [0.2, 0.25) is 0 Å².